The van der Waals surface area contributed by atoms with Crippen LogP contribution in [0.1, 0.15) is 21.5 Å². The topological polar surface area (TPSA) is 92.7 Å². The fourth-order valence-electron chi connectivity index (χ4n) is 3.01. The van der Waals surface area contributed by atoms with E-state index in [0.29, 0.717) is 23.0 Å². The van der Waals surface area contributed by atoms with Gasteiger partial charge < -0.3 is 10.6 Å². The number of amides is 1. The lowest BCUT2D eigenvalue weighted by Gasteiger charge is -2.13. The molecule has 0 saturated carbocycles. The van der Waals surface area contributed by atoms with Gasteiger partial charge in [0.15, 0.2) is 0 Å². The number of carbonyl (C=O) groups is 1. The summed E-state index contributed by atoms with van der Waals surface area (Å²) >= 11 is 0. The summed E-state index contributed by atoms with van der Waals surface area (Å²) in [5.74, 6) is -0.334. The van der Waals surface area contributed by atoms with E-state index in [0.717, 1.165) is 23.3 Å². The summed E-state index contributed by atoms with van der Waals surface area (Å²) in [6.07, 6.45) is 1.75. The molecule has 4 aromatic rings. The van der Waals surface area contributed by atoms with Crippen LogP contribution in [0.5, 0.6) is 0 Å². The quantitative estimate of drug-likeness (QED) is 0.377. The third kappa shape index (κ3) is 5.84. The van der Waals surface area contributed by atoms with E-state index in [1.165, 1.54) is 18.5 Å². The first-order chi connectivity index (χ1) is 15.8. The van der Waals surface area contributed by atoms with Crippen molar-refractivity contribution < 1.29 is 18.0 Å². The van der Waals surface area contributed by atoms with E-state index in [1.807, 2.05) is 6.92 Å². The number of nitrogens with zero attached hydrogens (tertiary/aromatic N) is 4. The van der Waals surface area contributed by atoms with Crippen LogP contribution in [0, 0.1) is 6.92 Å². The van der Waals surface area contributed by atoms with Gasteiger partial charge in [0, 0.05) is 41.1 Å². The Kier molecular flexibility index (Phi) is 7.42. The molecule has 2 aromatic heterocycles. The van der Waals surface area contributed by atoms with E-state index >= 15 is 0 Å². The monoisotopic (exact) mass is 486 g/mol. The highest BCUT2D eigenvalue weighted by Gasteiger charge is 2.30. The van der Waals surface area contributed by atoms with Gasteiger partial charge in [0.25, 0.3) is 5.91 Å². The molecule has 7 nitrogen and oxygen atoms in total. The van der Waals surface area contributed by atoms with Crippen molar-refractivity contribution >= 4 is 35.6 Å². The number of halogens is 4. The summed E-state index contributed by atoms with van der Waals surface area (Å²) in [7, 11) is 0. The Morgan fingerprint density at radius 2 is 1.76 bits per heavy atom. The number of aryl methyl sites for hydroxylation is 1. The number of aromatic nitrogens is 4. The normalized spacial score (nSPS) is 10.8. The molecule has 34 heavy (non-hydrogen) atoms. The summed E-state index contributed by atoms with van der Waals surface area (Å²) in [5.41, 5.74) is 2.24. The lowest BCUT2D eigenvalue weighted by atomic mass is 10.1. The van der Waals surface area contributed by atoms with E-state index in [9.17, 15) is 18.0 Å². The molecule has 4 rings (SSSR count). The molecule has 0 aliphatic heterocycles. The molecule has 0 spiro atoms. The van der Waals surface area contributed by atoms with Crippen molar-refractivity contribution in [1.82, 2.24) is 19.9 Å². The fraction of sp³-hybridized carbons (Fsp3) is 0.0870. The predicted octanol–water partition coefficient (Wildman–Crippen LogP) is 5.68. The van der Waals surface area contributed by atoms with Crippen LogP contribution < -0.4 is 10.6 Å². The van der Waals surface area contributed by atoms with E-state index in [2.05, 4.69) is 30.6 Å². The van der Waals surface area contributed by atoms with E-state index < -0.39 is 17.6 Å². The molecule has 0 aliphatic rings. The van der Waals surface area contributed by atoms with Crippen molar-refractivity contribution in [2.24, 2.45) is 0 Å². The summed E-state index contributed by atoms with van der Waals surface area (Å²) in [5, 5.41) is 5.73. The third-order valence-corrected chi connectivity index (χ3v) is 4.71. The highest BCUT2D eigenvalue weighted by molar-refractivity contribution is 6.04. The van der Waals surface area contributed by atoms with E-state index in [4.69, 9.17) is 0 Å². The minimum atomic E-state index is -4.53. The number of nitrogens with one attached hydrogen (secondary N) is 2. The average Bonchev–Trinajstić information content (AvgIpc) is 2.81. The number of anilines is 3. The molecule has 2 aromatic carbocycles. The predicted molar refractivity (Wildman–Crippen MR) is 124 cm³/mol. The van der Waals surface area contributed by atoms with Gasteiger partial charge in [-0.15, -0.1) is 12.4 Å². The van der Waals surface area contributed by atoms with Crippen LogP contribution in [0.2, 0.25) is 0 Å². The molecule has 1 amide bonds. The number of hydrogen-bond acceptors (Lipinski definition) is 6. The van der Waals surface area contributed by atoms with Gasteiger partial charge in [-0.25, -0.2) is 19.9 Å². The van der Waals surface area contributed by atoms with Crippen LogP contribution in [0.3, 0.4) is 0 Å². The molecule has 174 valence electrons. The summed E-state index contributed by atoms with van der Waals surface area (Å²) in [6.45, 7) is 1.86. The number of rotatable bonds is 5. The molecular formula is C23H18ClF3N6O. The van der Waals surface area contributed by atoms with Gasteiger partial charge in [0.2, 0.25) is 5.95 Å². The van der Waals surface area contributed by atoms with Crippen molar-refractivity contribution in [2.75, 3.05) is 10.6 Å². The number of carbonyl (C=O) groups excluding carboxylic acids is 1. The van der Waals surface area contributed by atoms with Gasteiger partial charge in [-0.3, -0.25) is 4.79 Å². The van der Waals surface area contributed by atoms with Crippen molar-refractivity contribution in [1.29, 1.82) is 0 Å². The van der Waals surface area contributed by atoms with Crippen molar-refractivity contribution in [3.05, 3.63) is 90.1 Å². The summed E-state index contributed by atoms with van der Waals surface area (Å²) in [4.78, 5) is 29.1. The lowest BCUT2D eigenvalue weighted by molar-refractivity contribution is -0.137. The Morgan fingerprint density at radius 3 is 2.50 bits per heavy atom. The summed E-state index contributed by atoms with van der Waals surface area (Å²) < 4.78 is 38.8. The van der Waals surface area contributed by atoms with Gasteiger partial charge in [-0.2, -0.15) is 13.2 Å². The van der Waals surface area contributed by atoms with Crippen molar-refractivity contribution in [2.45, 2.75) is 13.1 Å². The Bertz CT molecular complexity index is 1300. The van der Waals surface area contributed by atoms with Crippen LogP contribution in [0.15, 0.2) is 73.4 Å². The summed E-state index contributed by atoms with van der Waals surface area (Å²) in [6, 6.07) is 11.1. The molecule has 0 radical (unpaired) electrons. The zero-order valence-electron chi connectivity index (χ0n) is 17.7. The maximum Gasteiger partial charge on any atom is 0.416 e. The Labute approximate surface area is 198 Å². The van der Waals surface area contributed by atoms with Gasteiger partial charge in [-0.05, 0) is 48.9 Å². The van der Waals surface area contributed by atoms with Crippen LogP contribution in [0.25, 0.3) is 11.3 Å². The minimum Gasteiger partial charge on any atom is -0.324 e. The largest absolute Gasteiger partial charge is 0.416 e. The molecule has 0 saturated heterocycles. The van der Waals surface area contributed by atoms with Gasteiger partial charge in [0.05, 0.1) is 11.3 Å². The van der Waals surface area contributed by atoms with Crippen molar-refractivity contribution in [3.63, 3.8) is 0 Å². The first kappa shape index (κ1) is 24.6. The zero-order chi connectivity index (χ0) is 23.4. The smallest absolute Gasteiger partial charge is 0.324 e. The third-order valence-electron chi connectivity index (χ3n) is 4.71. The van der Waals surface area contributed by atoms with Gasteiger partial charge in [0.1, 0.15) is 6.33 Å². The second kappa shape index (κ2) is 10.3. The first-order valence-electron chi connectivity index (χ1n) is 9.74. The molecule has 0 aliphatic carbocycles. The molecule has 0 atom stereocenters. The van der Waals surface area contributed by atoms with E-state index in [1.54, 1.807) is 42.9 Å². The molecule has 2 heterocycles. The van der Waals surface area contributed by atoms with Gasteiger partial charge >= 0.3 is 6.18 Å². The minimum absolute atomic E-state index is 0. The Hall–Kier alpha value is -4.05. The number of benzene rings is 2. The zero-order valence-corrected chi connectivity index (χ0v) is 18.5. The first-order valence-corrected chi connectivity index (χ1v) is 9.74. The second-order valence-electron chi connectivity index (χ2n) is 7.08. The number of alkyl halides is 3. The lowest BCUT2D eigenvalue weighted by Crippen LogP contribution is -2.14. The van der Waals surface area contributed by atoms with Crippen molar-refractivity contribution in [3.8, 4) is 11.3 Å². The SMILES string of the molecule is Cc1ccc(NC(=O)c2cccc(C(F)(F)F)c2)cc1Nc1nccc(-c2cncnc2)n1.Cl. The average molecular weight is 487 g/mol. The van der Waals surface area contributed by atoms with Crippen LogP contribution >= 0.6 is 12.4 Å². The molecule has 0 bridgehead atoms. The Morgan fingerprint density at radius 1 is 1.00 bits per heavy atom. The Balaban J connectivity index is 0.00000324. The molecule has 0 fully saturated rings. The van der Waals surface area contributed by atoms with Crippen LogP contribution in [-0.4, -0.2) is 25.8 Å². The molecule has 0 unspecified atom stereocenters. The number of hydrogen-bond donors (Lipinski definition) is 2. The molecule has 11 heteroatoms. The molecule has 2 N–H and O–H groups in total. The van der Waals surface area contributed by atoms with Gasteiger partial charge in [-0.1, -0.05) is 12.1 Å². The molecular weight excluding hydrogens is 469 g/mol. The fourth-order valence-corrected chi connectivity index (χ4v) is 3.01. The highest BCUT2D eigenvalue weighted by atomic mass is 35.5. The van der Waals surface area contributed by atoms with Crippen LogP contribution in [0.4, 0.5) is 30.5 Å². The second-order valence-corrected chi connectivity index (χ2v) is 7.08. The standard InChI is InChI=1S/C23H17F3N6O.ClH/c1-14-5-6-18(30-21(33)15-3-2-4-17(9-15)23(24,25)26)10-20(14)32-22-29-8-7-19(31-22)16-11-27-13-28-12-16;/h2-13H,1H3,(H,30,33)(H,29,31,32);1H. The van der Waals surface area contributed by atoms with Crippen LogP contribution in [-0.2, 0) is 6.18 Å². The highest BCUT2D eigenvalue weighted by Crippen LogP contribution is 2.30. The maximum absolute atomic E-state index is 12.9. The maximum atomic E-state index is 12.9. The van der Waals surface area contributed by atoms with E-state index in [-0.39, 0.29) is 18.0 Å².